The minimum atomic E-state index is 1.10. The van der Waals surface area contributed by atoms with Gasteiger partial charge >= 0.3 is 0 Å². The Hall–Kier alpha value is -1.72. The Kier molecular flexibility index (Phi) is 8.13. The van der Waals surface area contributed by atoms with Crippen molar-refractivity contribution in [3.63, 3.8) is 0 Å². The lowest BCUT2D eigenvalue weighted by molar-refractivity contribution is 0.233. The molecule has 2 fully saturated rings. The van der Waals surface area contributed by atoms with Gasteiger partial charge in [-0.3, -0.25) is 9.80 Å². The molecule has 2 aromatic rings. The fourth-order valence-electron chi connectivity index (χ4n) is 3.42. The smallest absolute Gasteiger partial charge is 0.0234 e. The fraction of sp³-hybridized carbons (Fsp3) is 0.455. The minimum absolute atomic E-state index is 1.10. The first kappa shape index (κ1) is 19.1. The predicted molar refractivity (Wildman–Crippen MR) is 109 cm³/mol. The summed E-state index contributed by atoms with van der Waals surface area (Å²) in [5.74, 6) is 0. The molecule has 2 heterocycles. The highest BCUT2D eigenvalue weighted by Gasteiger charge is 2.09. The van der Waals surface area contributed by atoms with Crippen LogP contribution in [0.1, 0.15) is 11.1 Å². The van der Waals surface area contributed by atoms with E-state index in [1.807, 2.05) is 0 Å². The Bertz CT molecular complexity index is 535. The first-order valence-electron chi connectivity index (χ1n) is 9.84. The number of hydrogen-bond acceptors (Lipinski definition) is 4. The maximum Gasteiger partial charge on any atom is 0.0234 e. The monoisotopic (exact) mass is 352 g/mol. The van der Waals surface area contributed by atoms with Crippen molar-refractivity contribution >= 4 is 0 Å². The summed E-state index contributed by atoms with van der Waals surface area (Å²) in [6.07, 6.45) is 0. The Balaban J connectivity index is 0.000000151. The van der Waals surface area contributed by atoms with Gasteiger partial charge in [0.2, 0.25) is 0 Å². The SMILES string of the molecule is c1ccc(CN2CCNCC2)cc1.c1ccc(CN2CCNCC2)cc1. The van der Waals surface area contributed by atoms with Crippen molar-refractivity contribution in [1.82, 2.24) is 20.4 Å². The third kappa shape index (κ3) is 6.89. The summed E-state index contributed by atoms with van der Waals surface area (Å²) in [5, 5.41) is 6.72. The maximum atomic E-state index is 3.36. The molecule has 4 nitrogen and oxygen atoms in total. The van der Waals surface area contributed by atoms with E-state index in [2.05, 4.69) is 81.1 Å². The van der Waals surface area contributed by atoms with Crippen molar-refractivity contribution in [2.45, 2.75) is 13.1 Å². The summed E-state index contributed by atoms with van der Waals surface area (Å²) in [4.78, 5) is 4.98. The second-order valence-corrected chi connectivity index (χ2v) is 7.02. The van der Waals surface area contributed by atoms with Crippen molar-refractivity contribution in [1.29, 1.82) is 0 Å². The molecule has 0 radical (unpaired) electrons. The number of nitrogens with one attached hydrogen (secondary N) is 2. The van der Waals surface area contributed by atoms with E-state index in [0.29, 0.717) is 0 Å². The molecule has 0 aromatic heterocycles. The third-order valence-electron chi connectivity index (χ3n) is 4.92. The Morgan fingerprint density at radius 2 is 0.885 bits per heavy atom. The summed E-state index contributed by atoms with van der Waals surface area (Å²) in [5.41, 5.74) is 2.84. The molecule has 0 saturated carbocycles. The third-order valence-corrected chi connectivity index (χ3v) is 4.92. The van der Waals surface area contributed by atoms with Crippen LogP contribution >= 0.6 is 0 Å². The lowest BCUT2D eigenvalue weighted by Gasteiger charge is -2.27. The van der Waals surface area contributed by atoms with Gasteiger partial charge in [-0.15, -0.1) is 0 Å². The maximum absolute atomic E-state index is 3.36. The van der Waals surface area contributed by atoms with E-state index in [0.717, 1.165) is 39.3 Å². The minimum Gasteiger partial charge on any atom is -0.314 e. The summed E-state index contributed by atoms with van der Waals surface area (Å²) in [6.45, 7) is 11.4. The first-order chi connectivity index (χ1) is 12.9. The van der Waals surface area contributed by atoms with Gasteiger partial charge in [0.25, 0.3) is 0 Å². The summed E-state index contributed by atoms with van der Waals surface area (Å²) in [7, 11) is 0. The molecule has 26 heavy (non-hydrogen) atoms. The van der Waals surface area contributed by atoms with Crippen LogP contribution in [0.3, 0.4) is 0 Å². The molecule has 0 bridgehead atoms. The van der Waals surface area contributed by atoms with Gasteiger partial charge in [-0.25, -0.2) is 0 Å². The molecule has 0 amide bonds. The first-order valence-corrected chi connectivity index (χ1v) is 9.84. The average molecular weight is 353 g/mol. The summed E-state index contributed by atoms with van der Waals surface area (Å²) in [6, 6.07) is 21.4. The molecule has 2 N–H and O–H groups in total. The Morgan fingerprint density at radius 1 is 0.538 bits per heavy atom. The van der Waals surface area contributed by atoms with Crippen molar-refractivity contribution in [2.24, 2.45) is 0 Å². The topological polar surface area (TPSA) is 30.5 Å². The van der Waals surface area contributed by atoms with Gasteiger partial charge in [-0.2, -0.15) is 0 Å². The van der Waals surface area contributed by atoms with E-state index in [-0.39, 0.29) is 0 Å². The van der Waals surface area contributed by atoms with Crippen LogP contribution < -0.4 is 10.6 Å². The highest BCUT2D eigenvalue weighted by Crippen LogP contribution is 2.05. The highest BCUT2D eigenvalue weighted by atomic mass is 15.2. The van der Waals surface area contributed by atoms with Crippen LogP contribution in [0.25, 0.3) is 0 Å². The molecule has 140 valence electrons. The molecule has 4 heteroatoms. The molecule has 0 spiro atoms. The molecular weight excluding hydrogens is 320 g/mol. The average Bonchev–Trinajstić information content (AvgIpc) is 2.72. The molecule has 0 unspecified atom stereocenters. The molecule has 2 aliphatic rings. The summed E-state index contributed by atoms with van der Waals surface area (Å²) >= 11 is 0. The number of nitrogens with zero attached hydrogens (tertiary/aromatic N) is 2. The van der Waals surface area contributed by atoms with E-state index in [4.69, 9.17) is 0 Å². The van der Waals surface area contributed by atoms with Gasteiger partial charge in [0, 0.05) is 65.4 Å². The van der Waals surface area contributed by atoms with Crippen LogP contribution in [0.2, 0.25) is 0 Å². The highest BCUT2D eigenvalue weighted by molar-refractivity contribution is 5.15. The molecule has 2 saturated heterocycles. The Labute approximate surface area is 158 Å². The van der Waals surface area contributed by atoms with Gasteiger partial charge in [0.05, 0.1) is 0 Å². The van der Waals surface area contributed by atoms with E-state index in [9.17, 15) is 0 Å². The van der Waals surface area contributed by atoms with Gasteiger partial charge in [-0.05, 0) is 11.1 Å². The lowest BCUT2D eigenvalue weighted by atomic mass is 10.2. The quantitative estimate of drug-likeness (QED) is 0.883. The van der Waals surface area contributed by atoms with Crippen LogP contribution in [-0.2, 0) is 13.1 Å². The van der Waals surface area contributed by atoms with Crippen molar-refractivity contribution in [2.75, 3.05) is 52.4 Å². The van der Waals surface area contributed by atoms with Gasteiger partial charge in [0.15, 0.2) is 0 Å². The normalized spacial score (nSPS) is 18.8. The summed E-state index contributed by atoms with van der Waals surface area (Å²) < 4.78 is 0. The Morgan fingerprint density at radius 3 is 1.23 bits per heavy atom. The molecule has 2 aliphatic heterocycles. The molecular formula is C22H32N4. The number of benzene rings is 2. The van der Waals surface area contributed by atoms with Crippen LogP contribution in [0, 0.1) is 0 Å². The van der Waals surface area contributed by atoms with E-state index >= 15 is 0 Å². The fourth-order valence-corrected chi connectivity index (χ4v) is 3.42. The van der Waals surface area contributed by atoms with E-state index in [1.54, 1.807) is 0 Å². The number of rotatable bonds is 4. The molecule has 4 rings (SSSR count). The van der Waals surface area contributed by atoms with Gasteiger partial charge in [-0.1, -0.05) is 60.7 Å². The predicted octanol–water partition coefficient (Wildman–Crippen LogP) is 2.18. The van der Waals surface area contributed by atoms with Gasteiger partial charge in [0.1, 0.15) is 0 Å². The molecule has 0 aliphatic carbocycles. The van der Waals surface area contributed by atoms with E-state index in [1.165, 1.54) is 37.3 Å². The lowest BCUT2D eigenvalue weighted by Crippen LogP contribution is -2.42. The van der Waals surface area contributed by atoms with Crippen LogP contribution in [-0.4, -0.2) is 62.2 Å². The van der Waals surface area contributed by atoms with Crippen molar-refractivity contribution in [3.05, 3.63) is 71.8 Å². The molecule has 2 aromatic carbocycles. The van der Waals surface area contributed by atoms with Crippen LogP contribution in [0.15, 0.2) is 60.7 Å². The van der Waals surface area contributed by atoms with Crippen LogP contribution in [0.4, 0.5) is 0 Å². The second-order valence-electron chi connectivity index (χ2n) is 7.02. The number of hydrogen-bond donors (Lipinski definition) is 2. The largest absolute Gasteiger partial charge is 0.314 e. The second kappa shape index (κ2) is 11.1. The van der Waals surface area contributed by atoms with Gasteiger partial charge < -0.3 is 10.6 Å². The molecule has 0 atom stereocenters. The zero-order valence-electron chi connectivity index (χ0n) is 15.7. The van der Waals surface area contributed by atoms with Crippen LogP contribution in [0.5, 0.6) is 0 Å². The van der Waals surface area contributed by atoms with E-state index < -0.39 is 0 Å². The standard InChI is InChI=1S/2C11H16N2/c2*1-2-4-11(5-3-1)10-13-8-6-12-7-9-13/h2*1-5,12H,6-10H2. The zero-order valence-corrected chi connectivity index (χ0v) is 15.7. The number of piperazine rings is 2. The van der Waals surface area contributed by atoms with Crippen molar-refractivity contribution in [3.8, 4) is 0 Å². The zero-order chi connectivity index (χ0) is 17.9. The van der Waals surface area contributed by atoms with Crippen molar-refractivity contribution < 1.29 is 0 Å².